The molecule has 2 rings (SSSR count). The predicted octanol–water partition coefficient (Wildman–Crippen LogP) is 2.25. The monoisotopic (exact) mass is 381 g/mol. The van der Waals surface area contributed by atoms with Gasteiger partial charge in [-0.15, -0.1) is 11.3 Å². The number of carbonyl (C=O) groups is 4. The molecule has 0 radical (unpaired) electrons. The van der Waals surface area contributed by atoms with Crippen molar-refractivity contribution in [1.82, 2.24) is 14.8 Å². The Morgan fingerprint density at radius 3 is 2.58 bits per heavy atom. The van der Waals surface area contributed by atoms with E-state index >= 15 is 0 Å². The van der Waals surface area contributed by atoms with Gasteiger partial charge in [-0.25, -0.2) is 14.6 Å². The minimum atomic E-state index is -1.12. The number of hydrogen-bond donors (Lipinski definition) is 1. The molecular formula is C17H23N3O5S. The highest BCUT2D eigenvalue weighted by Gasteiger charge is 2.45. The summed E-state index contributed by atoms with van der Waals surface area (Å²) in [5.74, 6) is -1.91. The van der Waals surface area contributed by atoms with Crippen LogP contribution in [0.3, 0.4) is 0 Å². The number of thiazole rings is 1. The van der Waals surface area contributed by atoms with E-state index in [-0.39, 0.29) is 29.4 Å². The third-order valence-electron chi connectivity index (χ3n) is 4.14. The van der Waals surface area contributed by atoms with Crippen LogP contribution in [0.25, 0.3) is 0 Å². The van der Waals surface area contributed by atoms with Gasteiger partial charge in [-0.3, -0.25) is 14.5 Å². The minimum Gasteiger partial charge on any atom is -0.480 e. The maximum Gasteiger partial charge on any atom is 0.328 e. The van der Waals surface area contributed by atoms with Gasteiger partial charge in [-0.05, 0) is 17.8 Å². The molecule has 1 aliphatic rings. The van der Waals surface area contributed by atoms with Crippen molar-refractivity contribution in [3.63, 3.8) is 0 Å². The number of carboxylic acids is 1. The molecule has 1 aromatic rings. The molecule has 0 spiro atoms. The number of carboxylic acid groups (broad SMARTS) is 1. The second-order valence-electron chi connectivity index (χ2n) is 7.71. The first kappa shape index (κ1) is 20.0. The third kappa shape index (κ3) is 4.46. The maximum atomic E-state index is 12.7. The van der Waals surface area contributed by atoms with Crippen molar-refractivity contribution in [3.05, 3.63) is 16.1 Å². The van der Waals surface area contributed by atoms with Gasteiger partial charge in [0.1, 0.15) is 12.6 Å². The number of urea groups is 1. The minimum absolute atomic E-state index is 0.0709. The van der Waals surface area contributed by atoms with Gasteiger partial charge in [0.25, 0.3) is 5.91 Å². The van der Waals surface area contributed by atoms with Gasteiger partial charge in [0.2, 0.25) is 0 Å². The summed E-state index contributed by atoms with van der Waals surface area (Å²) in [6.45, 7) is 7.43. The number of carbonyl (C=O) groups excluding carboxylic acids is 3. The molecule has 1 N–H and O–H groups in total. The largest absolute Gasteiger partial charge is 0.480 e. The molecule has 3 amide bonds. The number of aliphatic carboxylic acids is 1. The number of nitrogens with zero attached hydrogens (tertiary/aromatic N) is 3. The molecular weight excluding hydrogens is 358 g/mol. The van der Waals surface area contributed by atoms with Gasteiger partial charge >= 0.3 is 12.0 Å². The summed E-state index contributed by atoms with van der Waals surface area (Å²) >= 11 is 1.12. The lowest BCUT2D eigenvalue weighted by molar-refractivity contribution is -0.144. The summed E-state index contributed by atoms with van der Waals surface area (Å²) in [5.41, 5.74) is 0.320. The van der Waals surface area contributed by atoms with Gasteiger partial charge in [-0.2, -0.15) is 0 Å². The van der Waals surface area contributed by atoms with E-state index in [9.17, 15) is 24.3 Å². The molecule has 0 bridgehead atoms. The van der Waals surface area contributed by atoms with Gasteiger partial charge in [0.15, 0.2) is 11.3 Å². The Balaban J connectivity index is 2.18. The molecule has 1 unspecified atom stereocenters. The normalized spacial score (nSPS) is 17.5. The molecule has 0 aromatic carbocycles. The quantitative estimate of drug-likeness (QED) is 0.573. The van der Waals surface area contributed by atoms with Crippen molar-refractivity contribution in [3.8, 4) is 0 Å². The maximum absolute atomic E-state index is 12.7. The van der Waals surface area contributed by atoms with Gasteiger partial charge < -0.3 is 10.0 Å². The van der Waals surface area contributed by atoms with E-state index in [0.717, 1.165) is 21.1 Å². The van der Waals surface area contributed by atoms with E-state index < -0.39 is 23.9 Å². The Morgan fingerprint density at radius 2 is 2.08 bits per heavy atom. The van der Waals surface area contributed by atoms with Crippen LogP contribution in [0.1, 0.15) is 49.6 Å². The van der Waals surface area contributed by atoms with Crippen LogP contribution in [0.5, 0.6) is 0 Å². The number of imide groups is 1. The van der Waals surface area contributed by atoms with Crippen molar-refractivity contribution >= 4 is 35.5 Å². The number of amides is 3. The number of hydrogen-bond acceptors (Lipinski definition) is 6. The van der Waals surface area contributed by atoms with E-state index in [0.29, 0.717) is 18.4 Å². The second-order valence-corrected chi connectivity index (χ2v) is 8.60. The van der Waals surface area contributed by atoms with Crippen molar-refractivity contribution in [2.24, 2.45) is 11.3 Å². The van der Waals surface area contributed by atoms with Crippen LogP contribution in [-0.2, 0) is 16.1 Å². The summed E-state index contributed by atoms with van der Waals surface area (Å²) in [6.07, 6.45) is 1.19. The molecule has 9 heteroatoms. The fourth-order valence-electron chi connectivity index (χ4n) is 3.31. The topological polar surface area (TPSA) is 108 Å². The van der Waals surface area contributed by atoms with Crippen molar-refractivity contribution in [1.29, 1.82) is 0 Å². The first-order valence-electron chi connectivity index (χ1n) is 8.27. The molecule has 1 aliphatic heterocycles. The molecule has 1 aromatic heterocycles. The fourth-order valence-corrected chi connectivity index (χ4v) is 3.92. The van der Waals surface area contributed by atoms with Crippen molar-refractivity contribution in [2.45, 2.75) is 46.7 Å². The van der Waals surface area contributed by atoms with Gasteiger partial charge in [-0.1, -0.05) is 27.7 Å². The Labute approximate surface area is 155 Å². The lowest BCUT2D eigenvalue weighted by atomic mass is 9.82. The lowest BCUT2D eigenvalue weighted by Crippen LogP contribution is -2.48. The Hall–Kier alpha value is -2.29. The van der Waals surface area contributed by atoms with Crippen LogP contribution in [0.4, 0.5) is 4.79 Å². The van der Waals surface area contributed by atoms with Crippen LogP contribution in [-0.4, -0.2) is 56.7 Å². The zero-order chi connectivity index (χ0) is 19.6. The molecule has 1 saturated heterocycles. The standard InChI is InChI=1S/C17H23N3O5S/c1-10(5-17(2,3)4)14(15(23)24)20-7-13(22)19(16(20)25)6-11-9-26-12(8-21)18-11/h8-10,14H,5-7H2,1-4H3,(H,23,24)/t10?,14-/m0/s1. The average Bonchev–Trinajstić information content (AvgIpc) is 3.06. The molecule has 2 heterocycles. The van der Waals surface area contributed by atoms with Crippen molar-refractivity contribution < 1.29 is 24.3 Å². The summed E-state index contributed by atoms with van der Waals surface area (Å²) in [4.78, 5) is 53.6. The van der Waals surface area contributed by atoms with Crippen LogP contribution >= 0.6 is 11.3 Å². The zero-order valence-corrected chi connectivity index (χ0v) is 16.1. The fraction of sp³-hybridized carbons (Fsp3) is 0.588. The molecule has 8 nitrogen and oxygen atoms in total. The Bertz CT molecular complexity index is 724. The first-order chi connectivity index (χ1) is 12.0. The van der Waals surface area contributed by atoms with E-state index in [4.69, 9.17) is 0 Å². The van der Waals surface area contributed by atoms with E-state index in [1.165, 1.54) is 0 Å². The number of aldehydes is 1. The van der Waals surface area contributed by atoms with Gasteiger partial charge in [0, 0.05) is 5.38 Å². The summed E-state index contributed by atoms with van der Waals surface area (Å²) < 4.78 is 0. The SMILES string of the molecule is CC(CC(C)(C)C)[C@@H](C(=O)O)N1CC(=O)N(Cc2csc(C=O)n2)C1=O. The van der Waals surface area contributed by atoms with E-state index in [1.807, 2.05) is 20.8 Å². The smallest absolute Gasteiger partial charge is 0.328 e. The molecule has 0 saturated carbocycles. The van der Waals surface area contributed by atoms with Gasteiger partial charge in [0.05, 0.1) is 12.2 Å². The van der Waals surface area contributed by atoms with Crippen LogP contribution < -0.4 is 0 Å². The third-order valence-corrected chi connectivity index (χ3v) is 4.95. The summed E-state index contributed by atoms with van der Waals surface area (Å²) in [6, 6.07) is -1.71. The Morgan fingerprint density at radius 1 is 1.42 bits per heavy atom. The predicted molar refractivity (Wildman–Crippen MR) is 94.8 cm³/mol. The highest BCUT2D eigenvalue weighted by molar-refractivity contribution is 7.11. The lowest BCUT2D eigenvalue weighted by Gasteiger charge is -2.32. The van der Waals surface area contributed by atoms with Crippen molar-refractivity contribution in [2.75, 3.05) is 6.54 Å². The molecule has 2 atom stereocenters. The van der Waals surface area contributed by atoms with Crippen LogP contribution in [0, 0.1) is 11.3 Å². The highest BCUT2D eigenvalue weighted by atomic mass is 32.1. The summed E-state index contributed by atoms with van der Waals surface area (Å²) in [5, 5.41) is 11.5. The second kappa shape index (κ2) is 7.53. The first-order valence-corrected chi connectivity index (χ1v) is 9.15. The van der Waals surface area contributed by atoms with E-state index in [1.54, 1.807) is 12.3 Å². The van der Waals surface area contributed by atoms with E-state index in [2.05, 4.69) is 4.98 Å². The Kier molecular flexibility index (Phi) is 5.80. The van der Waals surface area contributed by atoms with Crippen LogP contribution in [0.15, 0.2) is 5.38 Å². The average molecular weight is 381 g/mol. The number of rotatable bonds is 7. The zero-order valence-electron chi connectivity index (χ0n) is 15.3. The molecule has 1 fully saturated rings. The highest BCUT2D eigenvalue weighted by Crippen LogP contribution is 2.30. The number of aromatic nitrogens is 1. The van der Waals surface area contributed by atoms with Crippen LogP contribution in [0.2, 0.25) is 0 Å². The molecule has 26 heavy (non-hydrogen) atoms. The molecule has 142 valence electrons. The molecule has 0 aliphatic carbocycles. The summed E-state index contributed by atoms with van der Waals surface area (Å²) in [7, 11) is 0.